The summed E-state index contributed by atoms with van der Waals surface area (Å²) in [5, 5.41) is 1.57. The highest BCUT2D eigenvalue weighted by Gasteiger charge is 2.15. The summed E-state index contributed by atoms with van der Waals surface area (Å²) in [6, 6.07) is 8.74. The smallest absolute Gasteiger partial charge is 0.284 e. The normalized spacial score (nSPS) is 11.7. The van der Waals surface area contributed by atoms with E-state index in [1.54, 1.807) is 24.4 Å². The number of aromatic nitrogens is 2. The number of pyridine rings is 1. The van der Waals surface area contributed by atoms with E-state index in [2.05, 4.69) is 4.98 Å². The average molecular weight is 218 g/mol. The molecule has 0 aliphatic heterocycles. The topological polar surface area (TPSA) is 17.8 Å². The van der Waals surface area contributed by atoms with Gasteiger partial charge in [-0.2, -0.15) is 8.78 Å². The first-order chi connectivity index (χ1) is 7.79. The second-order valence-electron chi connectivity index (χ2n) is 3.56. The largest absolute Gasteiger partial charge is 0.319 e. The Bertz CT molecular complexity index is 605. The Morgan fingerprint density at radius 2 is 1.75 bits per heavy atom. The number of rotatable bonds is 1. The lowest BCUT2D eigenvalue weighted by atomic mass is 10.2. The van der Waals surface area contributed by atoms with Crippen LogP contribution in [0.1, 0.15) is 6.55 Å². The van der Waals surface area contributed by atoms with Gasteiger partial charge in [-0.25, -0.2) is 0 Å². The van der Waals surface area contributed by atoms with Gasteiger partial charge in [-0.1, -0.05) is 18.2 Å². The molecule has 0 spiro atoms. The molecule has 0 aliphatic rings. The fraction of sp³-hybridized carbons (Fsp3) is 0.0833. The van der Waals surface area contributed by atoms with Crippen molar-refractivity contribution in [3.05, 3.63) is 42.7 Å². The molecule has 2 aromatic heterocycles. The Kier molecular flexibility index (Phi) is 1.89. The molecular weight excluding hydrogens is 210 g/mol. The molecule has 1 aromatic carbocycles. The zero-order valence-corrected chi connectivity index (χ0v) is 8.27. The van der Waals surface area contributed by atoms with E-state index in [0.717, 1.165) is 15.3 Å². The third-order valence-corrected chi connectivity index (χ3v) is 2.71. The second kappa shape index (κ2) is 3.27. The molecule has 0 bridgehead atoms. The number of hydrogen-bond donors (Lipinski definition) is 0. The van der Waals surface area contributed by atoms with Gasteiger partial charge in [0.25, 0.3) is 0 Å². The summed E-state index contributed by atoms with van der Waals surface area (Å²) in [6.07, 6.45) is 3.15. The standard InChI is InChI=1S/C12H8F2N2/c13-12(14)16-10-4-2-1-3-8(10)9-7-15-6-5-11(9)16/h1-7,12H. The number of fused-ring (bicyclic) bond motifs is 3. The molecule has 4 heteroatoms. The first-order valence-electron chi connectivity index (χ1n) is 4.90. The summed E-state index contributed by atoms with van der Waals surface area (Å²) in [4.78, 5) is 3.98. The van der Waals surface area contributed by atoms with Gasteiger partial charge in [-0.3, -0.25) is 9.55 Å². The van der Waals surface area contributed by atoms with Crippen LogP contribution in [0.25, 0.3) is 21.8 Å². The third kappa shape index (κ3) is 1.13. The van der Waals surface area contributed by atoms with Gasteiger partial charge < -0.3 is 0 Å². The van der Waals surface area contributed by atoms with Crippen molar-refractivity contribution in [1.29, 1.82) is 0 Å². The highest BCUT2D eigenvalue weighted by Crippen LogP contribution is 2.31. The molecule has 2 heterocycles. The number of nitrogens with zero attached hydrogens (tertiary/aromatic N) is 2. The SMILES string of the molecule is FC(F)n1c2ccccc2c2cnccc21. The van der Waals surface area contributed by atoms with Crippen LogP contribution < -0.4 is 0 Å². The second-order valence-corrected chi connectivity index (χ2v) is 3.56. The highest BCUT2D eigenvalue weighted by atomic mass is 19.3. The minimum absolute atomic E-state index is 0.520. The van der Waals surface area contributed by atoms with Crippen LogP contribution in [0.15, 0.2) is 42.7 Å². The van der Waals surface area contributed by atoms with Crippen LogP contribution in [0, 0.1) is 0 Å². The van der Waals surface area contributed by atoms with Gasteiger partial charge in [-0.05, 0) is 12.1 Å². The molecule has 0 aliphatic carbocycles. The summed E-state index contributed by atoms with van der Waals surface area (Å²) in [7, 11) is 0. The lowest BCUT2D eigenvalue weighted by Gasteiger charge is -2.04. The van der Waals surface area contributed by atoms with Crippen LogP contribution in [-0.2, 0) is 0 Å². The van der Waals surface area contributed by atoms with Crippen molar-refractivity contribution in [3.63, 3.8) is 0 Å². The Labute approximate surface area is 90.1 Å². The highest BCUT2D eigenvalue weighted by molar-refractivity contribution is 6.07. The molecule has 0 N–H and O–H groups in total. The Balaban J connectivity index is 2.59. The molecule has 0 unspecified atom stereocenters. The van der Waals surface area contributed by atoms with Gasteiger partial charge >= 0.3 is 6.55 Å². The first-order valence-corrected chi connectivity index (χ1v) is 4.90. The van der Waals surface area contributed by atoms with Gasteiger partial charge in [0.05, 0.1) is 11.0 Å². The number of hydrogen-bond acceptors (Lipinski definition) is 1. The van der Waals surface area contributed by atoms with Crippen LogP contribution in [0.4, 0.5) is 8.78 Å². The minimum atomic E-state index is -2.54. The van der Waals surface area contributed by atoms with Crippen LogP contribution in [0.2, 0.25) is 0 Å². The van der Waals surface area contributed by atoms with Gasteiger partial charge in [-0.15, -0.1) is 0 Å². The number of alkyl halides is 2. The Hall–Kier alpha value is -1.97. The van der Waals surface area contributed by atoms with Crippen LogP contribution >= 0.6 is 0 Å². The molecule has 0 radical (unpaired) electrons. The van der Waals surface area contributed by atoms with Gasteiger partial charge in [0.1, 0.15) is 0 Å². The van der Waals surface area contributed by atoms with E-state index in [1.165, 1.54) is 6.20 Å². The lowest BCUT2D eigenvalue weighted by molar-refractivity contribution is 0.0796. The van der Waals surface area contributed by atoms with E-state index in [4.69, 9.17) is 0 Å². The molecule has 0 saturated carbocycles. The molecular formula is C12H8F2N2. The molecule has 16 heavy (non-hydrogen) atoms. The quantitative estimate of drug-likeness (QED) is 0.610. The molecule has 80 valence electrons. The van der Waals surface area contributed by atoms with E-state index in [1.807, 2.05) is 12.1 Å². The predicted octanol–water partition coefficient (Wildman–Crippen LogP) is 3.58. The number of benzene rings is 1. The summed E-state index contributed by atoms with van der Waals surface area (Å²) in [5.74, 6) is 0. The maximum Gasteiger partial charge on any atom is 0.319 e. The van der Waals surface area contributed by atoms with Crippen molar-refractivity contribution in [3.8, 4) is 0 Å². The van der Waals surface area contributed by atoms with Crippen molar-refractivity contribution < 1.29 is 8.78 Å². The summed E-state index contributed by atoms with van der Waals surface area (Å²) < 4.78 is 27.0. The van der Waals surface area contributed by atoms with E-state index < -0.39 is 6.55 Å². The van der Waals surface area contributed by atoms with Gasteiger partial charge in [0.15, 0.2) is 0 Å². The third-order valence-electron chi connectivity index (χ3n) is 2.71. The zero-order valence-electron chi connectivity index (χ0n) is 8.27. The van der Waals surface area contributed by atoms with Crippen molar-refractivity contribution in [2.45, 2.75) is 6.55 Å². The van der Waals surface area contributed by atoms with Crippen LogP contribution in [-0.4, -0.2) is 9.55 Å². The molecule has 0 atom stereocenters. The number of halogens is 2. The number of para-hydroxylation sites is 1. The fourth-order valence-corrected chi connectivity index (χ4v) is 2.06. The molecule has 0 amide bonds. The average Bonchev–Trinajstić information content (AvgIpc) is 2.63. The van der Waals surface area contributed by atoms with Crippen molar-refractivity contribution in [2.24, 2.45) is 0 Å². The maximum absolute atomic E-state index is 13.0. The monoisotopic (exact) mass is 218 g/mol. The maximum atomic E-state index is 13.0. The Morgan fingerprint density at radius 1 is 1.00 bits per heavy atom. The van der Waals surface area contributed by atoms with Crippen molar-refractivity contribution in [1.82, 2.24) is 9.55 Å². The lowest BCUT2D eigenvalue weighted by Crippen LogP contribution is -1.96. The van der Waals surface area contributed by atoms with Crippen molar-refractivity contribution in [2.75, 3.05) is 0 Å². The predicted molar refractivity (Wildman–Crippen MR) is 58.5 cm³/mol. The summed E-state index contributed by atoms with van der Waals surface area (Å²) in [5.41, 5.74) is 1.06. The Morgan fingerprint density at radius 3 is 2.56 bits per heavy atom. The minimum Gasteiger partial charge on any atom is -0.284 e. The summed E-state index contributed by atoms with van der Waals surface area (Å²) >= 11 is 0. The summed E-state index contributed by atoms with van der Waals surface area (Å²) in [6.45, 7) is -2.54. The first kappa shape index (κ1) is 9.27. The molecule has 0 fully saturated rings. The van der Waals surface area contributed by atoms with E-state index in [-0.39, 0.29) is 0 Å². The van der Waals surface area contributed by atoms with E-state index >= 15 is 0 Å². The van der Waals surface area contributed by atoms with Crippen LogP contribution in [0.3, 0.4) is 0 Å². The van der Waals surface area contributed by atoms with E-state index in [0.29, 0.717) is 11.0 Å². The fourth-order valence-electron chi connectivity index (χ4n) is 2.06. The molecule has 0 saturated heterocycles. The zero-order chi connectivity index (χ0) is 11.1. The van der Waals surface area contributed by atoms with Crippen LogP contribution in [0.5, 0.6) is 0 Å². The molecule has 3 aromatic rings. The van der Waals surface area contributed by atoms with Gasteiger partial charge in [0, 0.05) is 23.2 Å². The van der Waals surface area contributed by atoms with Crippen molar-refractivity contribution >= 4 is 21.8 Å². The van der Waals surface area contributed by atoms with E-state index in [9.17, 15) is 8.78 Å². The molecule has 2 nitrogen and oxygen atoms in total. The van der Waals surface area contributed by atoms with Gasteiger partial charge in [0.2, 0.25) is 0 Å². The molecule has 3 rings (SSSR count).